The molecule has 0 fully saturated rings. The summed E-state index contributed by atoms with van der Waals surface area (Å²) in [6.07, 6.45) is 12.1. The Hall–Kier alpha value is -2.45. The van der Waals surface area contributed by atoms with Gasteiger partial charge >= 0.3 is 5.97 Å². The Balaban J connectivity index is 1.79. The number of hydrogen-bond acceptors (Lipinski definition) is 2. The number of benzene rings is 2. The molecule has 0 aliphatic rings. The Morgan fingerprint density at radius 1 is 0.833 bits per heavy atom. The number of rotatable bonds is 12. The molecule has 4 nitrogen and oxygen atoms in total. The molecule has 30 heavy (non-hydrogen) atoms. The lowest BCUT2D eigenvalue weighted by atomic mass is 10.1. The van der Waals surface area contributed by atoms with Crippen molar-refractivity contribution in [3.05, 3.63) is 73.1 Å². The van der Waals surface area contributed by atoms with Crippen LogP contribution in [-0.2, 0) is 11.8 Å². The Labute approximate surface area is 180 Å². The van der Waals surface area contributed by atoms with E-state index in [1.54, 1.807) is 0 Å². The molecule has 158 valence electrons. The van der Waals surface area contributed by atoms with Crippen molar-refractivity contribution in [2.45, 2.75) is 44.9 Å². The van der Waals surface area contributed by atoms with Gasteiger partial charge in [-0.1, -0.05) is 55.7 Å². The van der Waals surface area contributed by atoms with Gasteiger partial charge in [-0.25, -0.2) is 0 Å². The number of aromatic nitrogens is 2. The average molecular weight is 424 g/mol. The lowest BCUT2D eigenvalue weighted by molar-refractivity contribution is -0.137. The first kappa shape index (κ1) is 22.2. The Bertz CT molecular complexity index is 870. The summed E-state index contributed by atoms with van der Waals surface area (Å²) >= 11 is 0. The van der Waals surface area contributed by atoms with Gasteiger partial charge in [0.1, 0.15) is 23.2 Å². The van der Waals surface area contributed by atoms with Crippen LogP contribution in [0.4, 0.5) is 0 Å². The van der Waals surface area contributed by atoms with Crippen LogP contribution in [0.1, 0.15) is 44.9 Å². The van der Waals surface area contributed by atoms with Crippen LogP contribution in [0.2, 0.25) is 0 Å². The first-order valence-corrected chi connectivity index (χ1v) is 12.8. The van der Waals surface area contributed by atoms with Gasteiger partial charge in [-0.05, 0) is 43.5 Å². The van der Waals surface area contributed by atoms with E-state index in [1.165, 1.54) is 22.3 Å². The second kappa shape index (κ2) is 11.1. The fraction of sp³-hybridized carbons (Fsp3) is 0.360. The average Bonchev–Trinajstić information content (AvgIpc) is 3.20. The Morgan fingerprint density at radius 2 is 1.37 bits per heavy atom. The van der Waals surface area contributed by atoms with Gasteiger partial charge in [0, 0.05) is 13.5 Å². The summed E-state index contributed by atoms with van der Waals surface area (Å²) in [6.45, 7) is 0. The zero-order chi connectivity index (χ0) is 21.2. The molecular weight excluding hydrogens is 391 g/mol. The van der Waals surface area contributed by atoms with Crippen molar-refractivity contribution >= 4 is 29.1 Å². The van der Waals surface area contributed by atoms with E-state index < -0.39 is 13.2 Å². The molecule has 0 spiro atoms. The van der Waals surface area contributed by atoms with E-state index in [-0.39, 0.29) is 6.42 Å². The maximum absolute atomic E-state index is 10.6. The quantitative estimate of drug-likeness (QED) is 0.344. The molecule has 2 aromatic carbocycles. The number of nitrogens with zero attached hydrogens (tertiary/aromatic N) is 2. The van der Waals surface area contributed by atoms with Gasteiger partial charge in [0.15, 0.2) is 0 Å². The van der Waals surface area contributed by atoms with Gasteiger partial charge in [0.2, 0.25) is 0 Å². The highest BCUT2D eigenvalue weighted by Crippen LogP contribution is 2.55. The van der Waals surface area contributed by atoms with Gasteiger partial charge in [-0.2, -0.15) is 5.10 Å². The van der Waals surface area contributed by atoms with Gasteiger partial charge < -0.3 is 5.11 Å². The molecule has 0 amide bonds. The summed E-state index contributed by atoms with van der Waals surface area (Å²) in [5.74, 6) is -0.688. The van der Waals surface area contributed by atoms with Crippen LogP contribution in [0.15, 0.2) is 73.1 Å². The van der Waals surface area contributed by atoms with Crippen LogP contribution in [-0.4, -0.2) is 27.0 Å². The minimum absolute atomic E-state index is 0.289. The second-order valence-corrected chi connectivity index (χ2v) is 11.5. The topological polar surface area (TPSA) is 55.1 Å². The molecule has 1 aromatic heterocycles. The van der Waals surface area contributed by atoms with Crippen molar-refractivity contribution in [2.75, 3.05) is 6.16 Å². The van der Waals surface area contributed by atoms with Crippen LogP contribution < -0.4 is 15.9 Å². The van der Waals surface area contributed by atoms with E-state index in [0.29, 0.717) is 0 Å². The Morgan fingerprint density at radius 3 is 1.87 bits per heavy atom. The predicted octanol–water partition coefficient (Wildman–Crippen LogP) is 4.53. The number of unbranched alkanes of at least 4 members (excludes halogenated alkanes) is 5. The van der Waals surface area contributed by atoms with E-state index in [4.69, 9.17) is 5.11 Å². The van der Waals surface area contributed by atoms with Crippen LogP contribution in [0.3, 0.4) is 0 Å². The molecule has 1 heterocycles. The standard InChI is InChI=1S/C25H31N2O2P/c1-27-21-24(20-26-27)30(22-14-8-6-9-15-22,23-16-10-7-11-17-23)19-13-5-3-2-4-12-18-25(28)29/h6-11,14-17,20-21H,2-5,12-13,18-19H2,1H3/p+1. The van der Waals surface area contributed by atoms with Crippen molar-refractivity contribution in [2.24, 2.45) is 7.05 Å². The molecule has 3 rings (SSSR count). The van der Waals surface area contributed by atoms with Crippen molar-refractivity contribution in [3.63, 3.8) is 0 Å². The molecule has 3 aromatic rings. The predicted molar refractivity (Wildman–Crippen MR) is 127 cm³/mol. The molecule has 0 radical (unpaired) electrons. The number of aliphatic carboxylic acids is 1. The lowest BCUT2D eigenvalue weighted by Gasteiger charge is -2.26. The molecule has 0 bridgehead atoms. The third-order valence-electron chi connectivity index (χ3n) is 5.66. The molecule has 0 unspecified atom stereocenters. The van der Waals surface area contributed by atoms with E-state index in [0.717, 1.165) is 38.3 Å². The highest BCUT2D eigenvalue weighted by Gasteiger charge is 2.45. The molecule has 0 aliphatic carbocycles. The lowest BCUT2D eigenvalue weighted by Crippen LogP contribution is -2.33. The van der Waals surface area contributed by atoms with Crippen LogP contribution in [0.25, 0.3) is 0 Å². The first-order valence-electron chi connectivity index (χ1n) is 10.8. The number of carboxylic acid groups (broad SMARTS) is 1. The van der Waals surface area contributed by atoms with Crippen molar-refractivity contribution in [1.29, 1.82) is 0 Å². The minimum Gasteiger partial charge on any atom is -0.481 e. The Kier molecular flexibility index (Phi) is 8.21. The first-order chi connectivity index (χ1) is 14.6. The fourth-order valence-electron chi connectivity index (χ4n) is 4.14. The van der Waals surface area contributed by atoms with E-state index in [1.807, 2.05) is 11.7 Å². The minimum atomic E-state index is -1.77. The zero-order valence-electron chi connectivity index (χ0n) is 17.8. The second-order valence-electron chi connectivity index (χ2n) is 7.84. The fourth-order valence-corrected chi connectivity index (χ4v) is 8.48. The van der Waals surface area contributed by atoms with Crippen molar-refractivity contribution < 1.29 is 9.90 Å². The molecule has 5 heteroatoms. The summed E-state index contributed by atoms with van der Waals surface area (Å²) in [6, 6.07) is 21.9. The highest BCUT2D eigenvalue weighted by atomic mass is 31.2. The summed E-state index contributed by atoms with van der Waals surface area (Å²) in [7, 11) is 0.223. The maximum atomic E-state index is 10.6. The monoisotopic (exact) mass is 423 g/mol. The molecule has 0 saturated carbocycles. The van der Waals surface area contributed by atoms with Gasteiger partial charge in [-0.15, -0.1) is 0 Å². The normalized spacial score (nSPS) is 11.5. The maximum Gasteiger partial charge on any atom is 0.303 e. The number of hydrogen-bond donors (Lipinski definition) is 1. The molecule has 0 aliphatic heterocycles. The molecule has 1 N–H and O–H groups in total. The summed E-state index contributed by atoms with van der Waals surface area (Å²) in [5.41, 5.74) is 0. The third kappa shape index (κ3) is 5.58. The zero-order valence-corrected chi connectivity index (χ0v) is 18.7. The third-order valence-corrected chi connectivity index (χ3v) is 10.1. The largest absolute Gasteiger partial charge is 0.481 e. The van der Waals surface area contributed by atoms with E-state index in [9.17, 15) is 4.79 Å². The SMILES string of the molecule is Cn1cc([P+](CCCCCCCCC(=O)O)(c2ccccc2)c2ccccc2)cn1. The van der Waals surface area contributed by atoms with Crippen molar-refractivity contribution in [1.82, 2.24) is 9.78 Å². The molecule has 0 saturated heterocycles. The number of carbonyl (C=O) groups is 1. The van der Waals surface area contributed by atoms with Gasteiger partial charge in [0.05, 0.1) is 18.6 Å². The van der Waals surface area contributed by atoms with E-state index >= 15 is 0 Å². The van der Waals surface area contributed by atoms with Crippen molar-refractivity contribution in [3.8, 4) is 0 Å². The van der Waals surface area contributed by atoms with Gasteiger partial charge in [0.25, 0.3) is 0 Å². The number of carboxylic acids is 1. The molecular formula is C25H32N2O2P+. The summed E-state index contributed by atoms with van der Waals surface area (Å²) in [4.78, 5) is 10.6. The van der Waals surface area contributed by atoms with E-state index in [2.05, 4.69) is 78.2 Å². The van der Waals surface area contributed by atoms with Crippen LogP contribution in [0.5, 0.6) is 0 Å². The number of aryl methyl sites for hydroxylation is 1. The summed E-state index contributed by atoms with van der Waals surface area (Å²) < 4.78 is 1.92. The highest BCUT2D eigenvalue weighted by molar-refractivity contribution is 7.95. The van der Waals surface area contributed by atoms with Crippen LogP contribution in [0, 0.1) is 0 Å². The van der Waals surface area contributed by atoms with Crippen LogP contribution >= 0.6 is 7.26 Å². The smallest absolute Gasteiger partial charge is 0.303 e. The van der Waals surface area contributed by atoms with Gasteiger partial charge in [-0.3, -0.25) is 9.48 Å². The summed E-state index contributed by atoms with van der Waals surface area (Å²) in [5, 5.41) is 17.4. The molecule has 0 atom stereocenters.